The summed E-state index contributed by atoms with van der Waals surface area (Å²) in [6.07, 6.45) is 0. The summed E-state index contributed by atoms with van der Waals surface area (Å²) >= 11 is 11.0. The number of aryl methyl sites for hydroxylation is 3. The summed E-state index contributed by atoms with van der Waals surface area (Å²) in [6.45, 7) is 9.83. The van der Waals surface area contributed by atoms with Gasteiger partial charge in [0, 0.05) is 11.3 Å². The van der Waals surface area contributed by atoms with E-state index in [2.05, 4.69) is 11.9 Å². The number of nitrogens with one attached hydrogen (secondary N) is 1. The monoisotopic (exact) mass is 271 g/mol. The van der Waals surface area contributed by atoms with Gasteiger partial charge in [0.25, 0.3) is 5.91 Å². The van der Waals surface area contributed by atoms with Gasteiger partial charge in [-0.15, -0.1) is 0 Å². The van der Waals surface area contributed by atoms with Crippen molar-refractivity contribution < 1.29 is 4.79 Å². The Balaban J connectivity index is 3.01. The quantitative estimate of drug-likeness (QED) is 0.838. The van der Waals surface area contributed by atoms with Crippen LogP contribution in [0.2, 0.25) is 0 Å². The number of amides is 1. The first kappa shape index (κ1) is 14.1. The van der Waals surface area contributed by atoms with Gasteiger partial charge in [-0.3, -0.25) is 4.79 Å². The molecule has 0 aromatic heterocycles. The van der Waals surface area contributed by atoms with Gasteiger partial charge in [0.15, 0.2) is 4.84 Å². The van der Waals surface area contributed by atoms with Crippen molar-refractivity contribution in [2.45, 2.75) is 25.6 Å². The molecule has 0 aliphatic heterocycles. The molecule has 1 aromatic rings. The van der Waals surface area contributed by atoms with Crippen LogP contribution in [0.25, 0.3) is 5.70 Å². The van der Waals surface area contributed by atoms with Gasteiger partial charge in [-0.25, -0.2) is 0 Å². The number of carbonyl (C=O) groups excluding carboxylic acids is 1. The maximum atomic E-state index is 11.4. The van der Waals surface area contributed by atoms with E-state index in [4.69, 9.17) is 23.2 Å². The van der Waals surface area contributed by atoms with Gasteiger partial charge >= 0.3 is 0 Å². The van der Waals surface area contributed by atoms with Gasteiger partial charge in [-0.05, 0) is 31.9 Å². The van der Waals surface area contributed by atoms with E-state index in [0.29, 0.717) is 5.70 Å². The van der Waals surface area contributed by atoms with Gasteiger partial charge in [0.2, 0.25) is 0 Å². The van der Waals surface area contributed by atoms with Gasteiger partial charge < -0.3 is 5.32 Å². The molecule has 0 bridgehead atoms. The molecule has 0 atom stereocenters. The average Bonchev–Trinajstić information content (AvgIpc) is 2.15. The summed E-state index contributed by atoms with van der Waals surface area (Å²) in [5, 5.41) is 2.60. The molecule has 0 aliphatic carbocycles. The lowest BCUT2D eigenvalue weighted by atomic mass is 9.98. The summed E-state index contributed by atoms with van der Waals surface area (Å²) in [6, 6.07) is 4.08. The van der Waals surface area contributed by atoms with Crippen LogP contribution in [-0.4, -0.2) is 10.7 Å². The minimum Gasteiger partial charge on any atom is -0.324 e. The number of carbonyl (C=O) groups is 1. The Morgan fingerprint density at radius 3 is 2.12 bits per heavy atom. The molecule has 1 amide bonds. The fraction of sp³-hybridized carbons (Fsp3) is 0.308. The highest BCUT2D eigenvalue weighted by atomic mass is 35.5. The van der Waals surface area contributed by atoms with Gasteiger partial charge in [0.05, 0.1) is 0 Å². The average molecular weight is 272 g/mol. The van der Waals surface area contributed by atoms with Crippen molar-refractivity contribution in [2.24, 2.45) is 0 Å². The summed E-state index contributed by atoms with van der Waals surface area (Å²) < 4.78 is 0. The molecule has 1 aromatic carbocycles. The number of rotatable bonds is 3. The maximum Gasteiger partial charge on any atom is 0.257 e. The predicted molar refractivity (Wildman–Crippen MR) is 73.3 cm³/mol. The van der Waals surface area contributed by atoms with Gasteiger partial charge in [-0.2, -0.15) is 0 Å². The molecule has 0 saturated carbocycles. The minimum atomic E-state index is -1.09. The van der Waals surface area contributed by atoms with E-state index in [0.717, 1.165) is 16.7 Å². The molecule has 2 nitrogen and oxygen atoms in total. The number of hydrogen-bond acceptors (Lipinski definition) is 1. The van der Waals surface area contributed by atoms with Crippen molar-refractivity contribution >= 4 is 34.8 Å². The van der Waals surface area contributed by atoms with E-state index in [1.165, 1.54) is 5.56 Å². The number of hydrogen-bond donors (Lipinski definition) is 1. The van der Waals surface area contributed by atoms with E-state index in [1.54, 1.807) is 0 Å². The second-order valence-electron chi connectivity index (χ2n) is 4.04. The maximum absolute atomic E-state index is 11.4. The van der Waals surface area contributed by atoms with Crippen molar-refractivity contribution in [1.82, 2.24) is 5.32 Å². The molecular weight excluding hydrogens is 257 g/mol. The fourth-order valence-corrected chi connectivity index (χ4v) is 2.03. The standard InChI is InChI=1S/C13H15Cl2NO/c1-7-5-8(2)11(9(3)6-7)10(4)16-13(17)12(14)15/h5-6,12H,4H2,1-3H3,(H,16,17). The van der Waals surface area contributed by atoms with Crippen LogP contribution in [0.3, 0.4) is 0 Å². The topological polar surface area (TPSA) is 29.1 Å². The van der Waals surface area contributed by atoms with Crippen molar-refractivity contribution in [3.05, 3.63) is 41.0 Å². The van der Waals surface area contributed by atoms with Crippen LogP contribution >= 0.6 is 23.2 Å². The second-order valence-corrected chi connectivity index (χ2v) is 5.14. The first-order valence-corrected chi connectivity index (χ1v) is 6.06. The smallest absolute Gasteiger partial charge is 0.257 e. The predicted octanol–water partition coefficient (Wildman–Crippen LogP) is 3.50. The molecule has 4 heteroatoms. The largest absolute Gasteiger partial charge is 0.324 e. The molecule has 0 unspecified atom stereocenters. The normalized spacial score (nSPS) is 10.5. The zero-order chi connectivity index (χ0) is 13.2. The molecule has 0 heterocycles. The molecule has 1 N–H and O–H groups in total. The molecule has 0 spiro atoms. The fourth-order valence-electron chi connectivity index (χ4n) is 1.92. The first-order valence-electron chi connectivity index (χ1n) is 5.19. The van der Waals surface area contributed by atoms with Crippen LogP contribution in [-0.2, 0) is 4.79 Å². The minimum absolute atomic E-state index is 0.460. The van der Waals surface area contributed by atoms with E-state index in [-0.39, 0.29) is 0 Å². The van der Waals surface area contributed by atoms with Crippen LogP contribution in [0, 0.1) is 20.8 Å². The Morgan fingerprint density at radius 2 is 1.71 bits per heavy atom. The first-order chi connectivity index (χ1) is 7.82. The zero-order valence-electron chi connectivity index (χ0n) is 10.1. The van der Waals surface area contributed by atoms with E-state index < -0.39 is 10.7 Å². The van der Waals surface area contributed by atoms with Crippen LogP contribution in [0.4, 0.5) is 0 Å². The molecule has 0 radical (unpaired) electrons. The lowest BCUT2D eigenvalue weighted by Crippen LogP contribution is -2.27. The third-order valence-electron chi connectivity index (χ3n) is 2.45. The Labute approximate surface area is 112 Å². The Bertz CT molecular complexity index is 443. The van der Waals surface area contributed by atoms with Crippen molar-refractivity contribution in [1.29, 1.82) is 0 Å². The van der Waals surface area contributed by atoms with E-state index in [9.17, 15) is 4.79 Å². The molecule has 0 fully saturated rings. The Kier molecular flexibility index (Phi) is 4.61. The van der Waals surface area contributed by atoms with Crippen molar-refractivity contribution in [3.8, 4) is 0 Å². The molecule has 92 valence electrons. The molecule has 17 heavy (non-hydrogen) atoms. The third kappa shape index (κ3) is 3.48. The third-order valence-corrected chi connectivity index (χ3v) is 2.85. The Morgan fingerprint density at radius 1 is 1.24 bits per heavy atom. The van der Waals surface area contributed by atoms with Crippen LogP contribution < -0.4 is 5.32 Å². The van der Waals surface area contributed by atoms with Crippen LogP contribution in [0.5, 0.6) is 0 Å². The van der Waals surface area contributed by atoms with Crippen molar-refractivity contribution in [2.75, 3.05) is 0 Å². The lowest BCUT2D eigenvalue weighted by Gasteiger charge is -2.15. The summed E-state index contributed by atoms with van der Waals surface area (Å²) in [5.74, 6) is -0.460. The molecule has 0 aliphatic rings. The number of benzene rings is 1. The summed E-state index contributed by atoms with van der Waals surface area (Å²) in [5.41, 5.74) is 4.76. The molecule has 0 saturated heterocycles. The van der Waals surface area contributed by atoms with Crippen LogP contribution in [0.1, 0.15) is 22.3 Å². The van der Waals surface area contributed by atoms with Gasteiger partial charge in [0.1, 0.15) is 0 Å². The zero-order valence-corrected chi connectivity index (χ0v) is 11.6. The van der Waals surface area contributed by atoms with Crippen LogP contribution in [0.15, 0.2) is 18.7 Å². The second kappa shape index (κ2) is 5.56. The summed E-state index contributed by atoms with van der Waals surface area (Å²) in [4.78, 5) is 10.3. The SMILES string of the molecule is C=C(NC(=O)C(Cl)Cl)c1c(C)cc(C)cc1C. The highest BCUT2D eigenvalue weighted by molar-refractivity contribution is 6.53. The van der Waals surface area contributed by atoms with Crippen molar-refractivity contribution in [3.63, 3.8) is 0 Å². The molecular formula is C13H15Cl2NO. The Hall–Kier alpha value is -0.990. The molecule has 1 rings (SSSR count). The van der Waals surface area contributed by atoms with Gasteiger partial charge in [-0.1, -0.05) is 47.5 Å². The number of alkyl halides is 2. The van der Waals surface area contributed by atoms with E-state index in [1.807, 2.05) is 32.9 Å². The highest BCUT2D eigenvalue weighted by Gasteiger charge is 2.15. The summed E-state index contributed by atoms with van der Waals surface area (Å²) in [7, 11) is 0. The highest BCUT2D eigenvalue weighted by Crippen LogP contribution is 2.22. The van der Waals surface area contributed by atoms with E-state index >= 15 is 0 Å². The lowest BCUT2D eigenvalue weighted by molar-refractivity contribution is -0.118. The number of halogens is 2.